The van der Waals surface area contributed by atoms with Gasteiger partial charge >= 0.3 is 0 Å². The standard InChI is InChI=1S/C14H11Cl2NOS2/c15-10-4-3-9(8-11(10)16)14-17(5-7-20-14)13(18)12-2-1-6-19-12/h1-4,6,8,14H,5,7H2. The molecule has 1 aromatic heterocycles. The molecule has 1 aromatic carbocycles. The second-order valence-electron chi connectivity index (χ2n) is 4.37. The molecule has 2 aromatic rings. The third kappa shape index (κ3) is 2.70. The molecule has 1 fully saturated rings. The zero-order valence-electron chi connectivity index (χ0n) is 10.4. The topological polar surface area (TPSA) is 20.3 Å². The molecule has 3 rings (SSSR count). The van der Waals surface area contributed by atoms with Crippen LogP contribution in [0.2, 0.25) is 10.0 Å². The van der Waals surface area contributed by atoms with Gasteiger partial charge in [0.1, 0.15) is 5.37 Å². The lowest BCUT2D eigenvalue weighted by atomic mass is 10.2. The van der Waals surface area contributed by atoms with Crippen molar-refractivity contribution < 1.29 is 4.79 Å². The van der Waals surface area contributed by atoms with Crippen molar-refractivity contribution in [2.24, 2.45) is 0 Å². The lowest BCUT2D eigenvalue weighted by Crippen LogP contribution is -2.29. The monoisotopic (exact) mass is 343 g/mol. The van der Waals surface area contributed by atoms with Gasteiger partial charge in [0.25, 0.3) is 5.91 Å². The Morgan fingerprint density at radius 1 is 1.25 bits per heavy atom. The number of hydrogen-bond donors (Lipinski definition) is 0. The van der Waals surface area contributed by atoms with Gasteiger partial charge in [-0.3, -0.25) is 4.79 Å². The number of rotatable bonds is 2. The van der Waals surface area contributed by atoms with Crippen LogP contribution in [0, 0.1) is 0 Å². The van der Waals surface area contributed by atoms with Gasteiger partial charge < -0.3 is 4.90 Å². The molecule has 104 valence electrons. The Labute approximate surface area is 135 Å². The van der Waals surface area contributed by atoms with Crippen LogP contribution in [0.4, 0.5) is 0 Å². The predicted octanol–water partition coefficient (Wildman–Crippen LogP) is 4.94. The summed E-state index contributed by atoms with van der Waals surface area (Å²) in [5, 5.41) is 3.00. The molecule has 1 aliphatic heterocycles. The van der Waals surface area contributed by atoms with E-state index in [-0.39, 0.29) is 11.3 Å². The summed E-state index contributed by atoms with van der Waals surface area (Å²) in [4.78, 5) is 15.2. The summed E-state index contributed by atoms with van der Waals surface area (Å²) >= 11 is 15.3. The molecular formula is C14H11Cl2NOS2. The summed E-state index contributed by atoms with van der Waals surface area (Å²) < 4.78 is 0. The van der Waals surface area contributed by atoms with Gasteiger partial charge in [-0.15, -0.1) is 23.1 Å². The molecule has 2 nitrogen and oxygen atoms in total. The quantitative estimate of drug-likeness (QED) is 0.769. The third-order valence-electron chi connectivity index (χ3n) is 3.11. The van der Waals surface area contributed by atoms with Crippen LogP contribution in [0.3, 0.4) is 0 Å². The second-order valence-corrected chi connectivity index (χ2v) is 7.32. The highest BCUT2D eigenvalue weighted by Gasteiger charge is 2.31. The number of hydrogen-bond acceptors (Lipinski definition) is 3. The summed E-state index contributed by atoms with van der Waals surface area (Å²) in [6.45, 7) is 0.756. The first-order valence-corrected chi connectivity index (χ1v) is 8.76. The Bertz CT molecular complexity index is 630. The minimum Gasteiger partial charge on any atom is -0.321 e. The minimum atomic E-state index is 0.0133. The van der Waals surface area contributed by atoms with Gasteiger partial charge in [0, 0.05) is 12.3 Å². The molecule has 0 N–H and O–H groups in total. The molecule has 1 aliphatic rings. The second kappa shape index (κ2) is 5.98. The Balaban J connectivity index is 1.88. The van der Waals surface area contributed by atoms with E-state index < -0.39 is 0 Å². The van der Waals surface area contributed by atoms with Crippen molar-refractivity contribution in [2.45, 2.75) is 5.37 Å². The fraction of sp³-hybridized carbons (Fsp3) is 0.214. The van der Waals surface area contributed by atoms with Crippen molar-refractivity contribution in [3.05, 3.63) is 56.2 Å². The SMILES string of the molecule is O=C(c1cccs1)N1CCSC1c1ccc(Cl)c(Cl)c1. The Morgan fingerprint density at radius 3 is 2.80 bits per heavy atom. The van der Waals surface area contributed by atoms with Gasteiger partial charge in [-0.1, -0.05) is 35.3 Å². The molecule has 0 aliphatic carbocycles. The number of benzene rings is 1. The Kier molecular flexibility index (Phi) is 4.26. The number of thiophene rings is 1. The summed E-state index contributed by atoms with van der Waals surface area (Å²) in [6.07, 6.45) is 0. The number of halogens is 2. The van der Waals surface area contributed by atoms with Crippen LogP contribution in [-0.2, 0) is 0 Å². The molecule has 1 amide bonds. The van der Waals surface area contributed by atoms with E-state index in [1.165, 1.54) is 11.3 Å². The fourth-order valence-corrected chi connectivity index (χ4v) is 4.39. The van der Waals surface area contributed by atoms with Gasteiger partial charge in [-0.05, 0) is 29.1 Å². The highest BCUT2D eigenvalue weighted by Crippen LogP contribution is 2.40. The van der Waals surface area contributed by atoms with Crippen LogP contribution in [-0.4, -0.2) is 23.1 Å². The van der Waals surface area contributed by atoms with Crippen LogP contribution >= 0.6 is 46.3 Å². The average molecular weight is 344 g/mol. The molecule has 1 atom stereocenters. The Hall–Kier alpha value is -0.680. The molecule has 1 unspecified atom stereocenters. The van der Waals surface area contributed by atoms with Crippen LogP contribution in [0.5, 0.6) is 0 Å². The van der Waals surface area contributed by atoms with Crippen molar-refractivity contribution in [3.8, 4) is 0 Å². The van der Waals surface area contributed by atoms with E-state index in [9.17, 15) is 4.79 Å². The molecule has 6 heteroatoms. The molecule has 0 saturated carbocycles. The molecule has 1 saturated heterocycles. The summed E-state index contributed by atoms with van der Waals surface area (Å²) in [7, 11) is 0. The van der Waals surface area contributed by atoms with Gasteiger partial charge in [-0.25, -0.2) is 0 Å². The van der Waals surface area contributed by atoms with E-state index in [1.54, 1.807) is 17.8 Å². The fourth-order valence-electron chi connectivity index (χ4n) is 2.16. The molecule has 0 spiro atoms. The number of amides is 1. The van der Waals surface area contributed by atoms with E-state index in [0.717, 1.165) is 22.7 Å². The first kappa shape index (κ1) is 14.3. The normalized spacial score (nSPS) is 18.5. The number of nitrogens with zero attached hydrogens (tertiary/aromatic N) is 1. The van der Waals surface area contributed by atoms with Gasteiger partial charge in [-0.2, -0.15) is 0 Å². The Morgan fingerprint density at radius 2 is 2.10 bits per heavy atom. The van der Waals surface area contributed by atoms with Crippen LogP contribution in [0.15, 0.2) is 35.7 Å². The molecule has 20 heavy (non-hydrogen) atoms. The van der Waals surface area contributed by atoms with Crippen LogP contribution in [0.25, 0.3) is 0 Å². The van der Waals surface area contributed by atoms with E-state index in [1.807, 2.05) is 34.5 Å². The maximum absolute atomic E-state index is 12.5. The van der Waals surface area contributed by atoms with Crippen molar-refractivity contribution in [1.29, 1.82) is 0 Å². The number of carbonyl (C=O) groups is 1. The van der Waals surface area contributed by atoms with E-state index >= 15 is 0 Å². The lowest BCUT2D eigenvalue weighted by molar-refractivity contribution is 0.0765. The zero-order valence-corrected chi connectivity index (χ0v) is 13.5. The average Bonchev–Trinajstić information content (AvgIpc) is 3.11. The van der Waals surface area contributed by atoms with Crippen LogP contribution in [0.1, 0.15) is 20.6 Å². The first-order valence-electron chi connectivity index (χ1n) is 6.08. The van der Waals surface area contributed by atoms with Gasteiger partial charge in [0.05, 0.1) is 14.9 Å². The maximum atomic E-state index is 12.5. The van der Waals surface area contributed by atoms with Crippen LogP contribution < -0.4 is 0 Å². The smallest absolute Gasteiger partial charge is 0.265 e. The summed E-state index contributed by atoms with van der Waals surface area (Å²) in [5.74, 6) is 1.02. The van der Waals surface area contributed by atoms with E-state index in [0.29, 0.717) is 10.0 Å². The van der Waals surface area contributed by atoms with Crippen molar-refractivity contribution in [3.63, 3.8) is 0 Å². The van der Waals surface area contributed by atoms with E-state index in [2.05, 4.69) is 0 Å². The van der Waals surface area contributed by atoms with Crippen molar-refractivity contribution in [2.75, 3.05) is 12.3 Å². The molecular weight excluding hydrogens is 333 g/mol. The highest BCUT2D eigenvalue weighted by atomic mass is 35.5. The zero-order chi connectivity index (χ0) is 14.1. The number of carbonyl (C=O) groups excluding carboxylic acids is 1. The van der Waals surface area contributed by atoms with Gasteiger partial charge in [0.2, 0.25) is 0 Å². The third-order valence-corrected chi connectivity index (χ3v) is 5.97. The van der Waals surface area contributed by atoms with Gasteiger partial charge in [0.15, 0.2) is 0 Å². The molecule has 0 bridgehead atoms. The summed E-state index contributed by atoms with van der Waals surface area (Å²) in [6, 6.07) is 9.33. The van der Waals surface area contributed by atoms with Crippen molar-refractivity contribution in [1.82, 2.24) is 4.90 Å². The van der Waals surface area contributed by atoms with E-state index in [4.69, 9.17) is 23.2 Å². The number of thioether (sulfide) groups is 1. The largest absolute Gasteiger partial charge is 0.321 e. The maximum Gasteiger partial charge on any atom is 0.265 e. The van der Waals surface area contributed by atoms with Crippen molar-refractivity contribution >= 4 is 52.2 Å². The lowest BCUT2D eigenvalue weighted by Gasteiger charge is -2.23. The first-order chi connectivity index (χ1) is 9.66. The minimum absolute atomic E-state index is 0.0133. The highest BCUT2D eigenvalue weighted by molar-refractivity contribution is 7.99. The molecule has 2 heterocycles. The summed E-state index contributed by atoms with van der Waals surface area (Å²) in [5.41, 5.74) is 1.02. The predicted molar refractivity (Wildman–Crippen MR) is 87.0 cm³/mol. The molecule has 0 radical (unpaired) electrons.